The van der Waals surface area contributed by atoms with Gasteiger partial charge in [0.2, 0.25) is 5.95 Å². The van der Waals surface area contributed by atoms with Crippen molar-refractivity contribution < 1.29 is 17.9 Å². The molecule has 0 fully saturated rings. The topological polar surface area (TPSA) is 136 Å². The van der Waals surface area contributed by atoms with Crippen molar-refractivity contribution in [1.82, 2.24) is 19.9 Å². The van der Waals surface area contributed by atoms with Crippen LogP contribution in [0.3, 0.4) is 0 Å². The summed E-state index contributed by atoms with van der Waals surface area (Å²) >= 11 is 1.24. The second-order valence-corrected chi connectivity index (χ2v) is 9.19. The number of nitrogens with one attached hydrogen (secondary N) is 2. The molecule has 4 aromatic rings. The molecule has 0 aliphatic rings. The van der Waals surface area contributed by atoms with Crippen LogP contribution in [0.5, 0.6) is 0 Å². The van der Waals surface area contributed by atoms with Crippen molar-refractivity contribution >= 4 is 55.0 Å². The molecule has 3 aromatic heterocycles. The van der Waals surface area contributed by atoms with Crippen LogP contribution < -0.4 is 10.0 Å². The number of nitrogens with zero attached hydrogens (tertiary/aromatic N) is 4. The molecule has 1 aromatic carbocycles. The smallest absolute Gasteiger partial charge is 0.348 e. The van der Waals surface area contributed by atoms with Crippen molar-refractivity contribution in [3.05, 3.63) is 59.5 Å². The van der Waals surface area contributed by atoms with Gasteiger partial charge in [-0.2, -0.15) is 0 Å². The van der Waals surface area contributed by atoms with E-state index in [0.717, 1.165) is 5.56 Å². The summed E-state index contributed by atoms with van der Waals surface area (Å²) in [5.41, 5.74) is 1.33. The van der Waals surface area contributed by atoms with Gasteiger partial charge < -0.3 is 10.1 Å². The van der Waals surface area contributed by atoms with Crippen molar-refractivity contribution in [1.29, 1.82) is 0 Å². The van der Waals surface area contributed by atoms with Gasteiger partial charge in [0.15, 0.2) is 0 Å². The van der Waals surface area contributed by atoms with Crippen LogP contribution in [-0.2, 0) is 14.8 Å². The molecule has 0 amide bonds. The zero-order valence-corrected chi connectivity index (χ0v) is 18.7. The summed E-state index contributed by atoms with van der Waals surface area (Å²) in [5.74, 6) is 0.0949. The van der Waals surface area contributed by atoms with E-state index in [1.807, 2.05) is 6.92 Å². The van der Waals surface area contributed by atoms with E-state index in [4.69, 9.17) is 4.74 Å². The predicted octanol–water partition coefficient (Wildman–Crippen LogP) is 3.51. The highest BCUT2D eigenvalue weighted by atomic mass is 32.2. The van der Waals surface area contributed by atoms with Crippen molar-refractivity contribution in [2.24, 2.45) is 0 Å². The van der Waals surface area contributed by atoms with Crippen LogP contribution in [0.4, 0.5) is 17.5 Å². The number of sulfonamides is 1. The average molecular weight is 471 g/mol. The van der Waals surface area contributed by atoms with Gasteiger partial charge in [-0.3, -0.25) is 0 Å². The van der Waals surface area contributed by atoms with Gasteiger partial charge in [-0.25, -0.2) is 37.9 Å². The molecule has 0 aliphatic heterocycles. The number of hydrogen-bond donors (Lipinski definition) is 2. The van der Waals surface area contributed by atoms with E-state index in [1.54, 1.807) is 25.1 Å². The maximum Gasteiger partial charge on any atom is 0.348 e. The lowest BCUT2D eigenvalue weighted by molar-refractivity contribution is 0.0531. The molecule has 32 heavy (non-hydrogen) atoms. The van der Waals surface area contributed by atoms with E-state index >= 15 is 0 Å². The van der Waals surface area contributed by atoms with Gasteiger partial charge in [0.1, 0.15) is 21.9 Å². The van der Waals surface area contributed by atoms with E-state index in [1.165, 1.54) is 42.2 Å². The van der Waals surface area contributed by atoms with Crippen LogP contribution in [-0.4, -0.2) is 40.9 Å². The van der Waals surface area contributed by atoms with Crippen LogP contribution in [0.15, 0.2) is 53.9 Å². The van der Waals surface area contributed by atoms with Gasteiger partial charge in [0.25, 0.3) is 10.0 Å². The highest BCUT2D eigenvalue weighted by molar-refractivity contribution is 7.92. The van der Waals surface area contributed by atoms with E-state index in [9.17, 15) is 13.2 Å². The Morgan fingerprint density at radius 1 is 1.09 bits per heavy atom. The molecule has 0 saturated heterocycles. The third-order valence-electron chi connectivity index (χ3n) is 4.41. The highest BCUT2D eigenvalue weighted by Gasteiger charge is 2.20. The summed E-state index contributed by atoms with van der Waals surface area (Å²) < 4.78 is 32.5. The largest absolute Gasteiger partial charge is 0.462 e. The molecule has 164 valence electrons. The molecule has 0 saturated carbocycles. The Morgan fingerprint density at radius 3 is 2.50 bits per heavy atom. The van der Waals surface area contributed by atoms with Crippen LogP contribution in [0.25, 0.3) is 10.2 Å². The summed E-state index contributed by atoms with van der Waals surface area (Å²) in [7, 11) is -3.83. The lowest BCUT2D eigenvalue weighted by Crippen LogP contribution is -2.14. The zero-order chi connectivity index (χ0) is 22.7. The Bertz CT molecular complexity index is 1370. The first-order valence-electron chi connectivity index (χ1n) is 9.47. The van der Waals surface area contributed by atoms with Crippen molar-refractivity contribution in [2.75, 3.05) is 16.6 Å². The zero-order valence-electron chi connectivity index (χ0n) is 17.1. The number of carbonyl (C=O) groups excluding carboxylic acids is 1. The molecule has 2 N–H and O–H groups in total. The van der Waals surface area contributed by atoms with Crippen LogP contribution in [0.1, 0.15) is 22.2 Å². The number of benzene rings is 1. The van der Waals surface area contributed by atoms with Gasteiger partial charge in [-0.1, -0.05) is 0 Å². The lowest BCUT2D eigenvalue weighted by atomic mass is 10.2. The Balaban J connectivity index is 1.59. The minimum atomic E-state index is -3.83. The Labute approximate surface area is 187 Å². The third kappa shape index (κ3) is 4.36. The summed E-state index contributed by atoms with van der Waals surface area (Å²) in [6.07, 6.45) is 4.29. The summed E-state index contributed by atoms with van der Waals surface area (Å²) in [6, 6.07) is 7.73. The van der Waals surface area contributed by atoms with Crippen molar-refractivity contribution in [2.45, 2.75) is 18.7 Å². The number of rotatable bonds is 7. The molecule has 3 heterocycles. The Morgan fingerprint density at radius 2 is 1.81 bits per heavy atom. The van der Waals surface area contributed by atoms with Crippen LogP contribution in [0, 0.1) is 6.92 Å². The number of ether oxygens (including phenoxy) is 1. The molecule has 0 spiro atoms. The number of aromatic nitrogens is 4. The van der Waals surface area contributed by atoms with Gasteiger partial charge in [-0.05, 0) is 49.7 Å². The van der Waals surface area contributed by atoms with Crippen molar-refractivity contribution in [3.63, 3.8) is 0 Å². The third-order valence-corrected chi connectivity index (χ3v) is 6.93. The maximum atomic E-state index is 12.5. The quantitative estimate of drug-likeness (QED) is 0.389. The van der Waals surface area contributed by atoms with Crippen molar-refractivity contribution in [3.8, 4) is 0 Å². The SMILES string of the molecule is CCOC(=O)c1sc2ncnc(Nc3ccc(S(=O)(=O)Nc4ncccn4)cc3)c2c1C. The van der Waals surface area contributed by atoms with E-state index < -0.39 is 16.0 Å². The number of anilines is 3. The number of thiophene rings is 1. The number of aryl methyl sites for hydroxylation is 1. The minimum absolute atomic E-state index is 0.0107. The fourth-order valence-electron chi connectivity index (χ4n) is 2.94. The molecular weight excluding hydrogens is 452 g/mol. The fraction of sp³-hybridized carbons (Fsp3) is 0.150. The van der Waals surface area contributed by atoms with E-state index in [2.05, 4.69) is 30.0 Å². The van der Waals surface area contributed by atoms with Crippen LogP contribution >= 0.6 is 11.3 Å². The second kappa shape index (κ2) is 8.85. The number of hydrogen-bond acceptors (Lipinski definition) is 10. The maximum absolute atomic E-state index is 12.5. The summed E-state index contributed by atoms with van der Waals surface area (Å²) in [4.78, 5) is 29.7. The standard InChI is InChI=1S/C20H18N6O4S2/c1-3-30-19(27)16-12(2)15-17(23-11-24-18(15)31-16)25-13-5-7-14(8-6-13)32(28,29)26-20-21-9-4-10-22-20/h4-11H,3H2,1-2H3,(H,21,22,26)(H,23,24,25). The molecule has 0 radical (unpaired) electrons. The van der Waals surface area contributed by atoms with Gasteiger partial charge in [0.05, 0.1) is 16.9 Å². The first kappa shape index (κ1) is 21.6. The van der Waals surface area contributed by atoms with Crippen LogP contribution in [0.2, 0.25) is 0 Å². The molecule has 12 heteroatoms. The normalized spacial score (nSPS) is 11.3. The first-order chi connectivity index (χ1) is 15.4. The molecule has 0 aliphatic carbocycles. The molecule has 4 rings (SSSR count). The second-order valence-electron chi connectivity index (χ2n) is 6.51. The van der Waals surface area contributed by atoms with Gasteiger partial charge in [-0.15, -0.1) is 11.3 Å². The number of fused-ring (bicyclic) bond motifs is 1. The van der Waals surface area contributed by atoms with E-state index in [0.29, 0.717) is 26.6 Å². The highest BCUT2D eigenvalue weighted by Crippen LogP contribution is 2.35. The number of carbonyl (C=O) groups is 1. The number of esters is 1. The van der Waals surface area contributed by atoms with Gasteiger partial charge in [0, 0.05) is 18.1 Å². The lowest BCUT2D eigenvalue weighted by Gasteiger charge is -2.09. The summed E-state index contributed by atoms with van der Waals surface area (Å²) in [5, 5.41) is 3.87. The Kier molecular flexibility index (Phi) is 5.97. The molecule has 0 atom stereocenters. The van der Waals surface area contributed by atoms with E-state index in [-0.39, 0.29) is 17.5 Å². The first-order valence-corrected chi connectivity index (χ1v) is 11.8. The Hall–Kier alpha value is -3.64. The van der Waals surface area contributed by atoms with Gasteiger partial charge >= 0.3 is 5.97 Å². The summed E-state index contributed by atoms with van der Waals surface area (Å²) in [6.45, 7) is 3.84. The fourth-order valence-corrected chi connectivity index (χ4v) is 4.94. The molecule has 0 unspecified atom stereocenters. The monoisotopic (exact) mass is 470 g/mol. The molecular formula is C20H18N6O4S2. The minimum Gasteiger partial charge on any atom is -0.462 e. The molecule has 10 nitrogen and oxygen atoms in total. The molecule has 0 bridgehead atoms. The average Bonchev–Trinajstić information content (AvgIpc) is 3.12. The predicted molar refractivity (Wildman–Crippen MR) is 121 cm³/mol.